The highest BCUT2D eigenvalue weighted by Gasteiger charge is 2.05. The Kier molecular flexibility index (Phi) is 5.01. The Morgan fingerprint density at radius 1 is 1.31 bits per heavy atom. The minimum atomic E-state index is -0.0317. The van der Waals surface area contributed by atoms with Crippen LogP contribution in [0.4, 0.5) is 0 Å². The molecule has 0 unspecified atom stereocenters. The smallest absolute Gasteiger partial charge is 0.208 e. The van der Waals surface area contributed by atoms with Crippen LogP contribution in [-0.2, 0) is 0 Å². The Balaban J connectivity index is 2.40. The summed E-state index contributed by atoms with van der Waals surface area (Å²) in [5.41, 5.74) is 12.9. The first-order valence-corrected chi connectivity index (χ1v) is 5.25. The van der Waals surface area contributed by atoms with Crippen molar-refractivity contribution in [2.75, 3.05) is 13.2 Å². The van der Waals surface area contributed by atoms with Gasteiger partial charge in [0.05, 0.1) is 16.6 Å². The second kappa shape index (κ2) is 6.30. The maximum Gasteiger partial charge on any atom is 0.208 e. The normalized spacial score (nSPS) is 9.62. The molecule has 5 N–H and O–H groups in total. The zero-order valence-electron chi connectivity index (χ0n) is 8.41. The van der Waals surface area contributed by atoms with Crippen molar-refractivity contribution in [3.63, 3.8) is 0 Å². The third-order valence-electron chi connectivity index (χ3n) is 1.59. The quantitative estimate of drug-likeness (QED) is 0.322. The average molecular weight is 263 g/mol. The fourth-order valence-electron chi connectivity index (χ4n) is 0.966. The van der Waals surface area contributed by atoms with E-state index in [0.717, 1.165) is 0 Å². The number of halogens is 2. The highest BCUT2D eigenvalue weighted by atomic mass is 35.5. The topological polar surface area (TPSA) is 85.7 Å². The summed E-state index contributed by atoms with van der Waals surface area (Å²) in [6.45, 7) is 0.791. The molecule has 0 aliphatic rings. The highest BCUT2D eigenvalue weighted by molar-refractivity contribution is 6.37. The van der Waals surface area contributed by atoms with Gasteiger partial charge in [0, 0.05) is 0 Å². The molecular weight excluding hydrogens is 251 g/mol. The summed E-state index contributed by atoms with van der Waals surface area (Å²) >= 11 is 11.8. The Labute approximate surface area is 103 Å². The first-order valence-electron chi connectivity index (χ1n) is 4.49. The predicted octanol–water partition coefficient (Wildman–Crippen LogP) is 1.15. The van der Waals surface area contributed by atoms with Gasteiger partial charge < -0.3 is 21.6 Å². The molecule has 0 aliphatic carbocycles. The molecule has 0 saturated carbocycles. The van der Waals surface area contributed by atoms with Gasteiger partial charge >= 0.3 is 0 Å². The molecule has 1 aromatic rings. The Bertz CT molecular complexity index is 360. The largest absolute Gasteiger partial charge is 0.489 e. The lowest BCUT2D eigenvalue weighted by Gasteiger charge is -2.09. The van der Waals surface area contributed by atoms with Gasteiger partial charge in [-0.15, -0.1) is 5.10 Å². The molecule has 88 valence electrons. The van der Waals surface area contributed by atoms with E-state index >= 15 is 0 Å². The second-order valence-electron chi connectivity index (χ2n) is 2.84. The molecule has 16 heavy (non-hydrogen) atoms. The van der Waals surface area contributed by atoms with E-state index in [4.69, 9.17) is 39.4 Å². The summed E-state index contributed by atoms with van der Waals surface area (Å²) in [6, 6.07) is 5.15. The van der Waals surface area contributed by atoms with Gasteiger partial charge in [-0.1, -0.05) is 29.3 Å². The summed E-state index contributed by atoms with van der Waals surface area (Å²) < 4.78 is 5.37. The number of hydrazone groups is 1. The summed E-state index contributed by atoms with van der Waals surface area (Å²) in [5, 5.41) is 4.51. The van der Waals surface area contributed by atoms with Crippen molar-refractivity contribution in [2.45, 2.75) is 0 Å². The van der Waals surface area contributed by atoms with Crippen LogP contribution in [0.5, 0.6) is 5.75 Å². The highest BCUT2D eigenvalue weighted by Crippen LogP contribution is 2.31. The first-order chi connectivity index (χ1) is 7.61. The predicted molar refractivity (Wildman–Crippen MR) is 65.8 cm³/mol. The lowest BCUT2D eigenvalue weighted by atomic mass is 10.3. The van der Waals surface area contributed by atoms with Gasteiger partial charge in [-0.25, -0.2) is 0 Å². The minimum Gasteiger partial charge on any atom is -0.489 e. The second-order valence-corrected chi connectivity index (χ2v) is 3.66. The van der Waals surface area contributed by atoms with Crippen molar-refractivity contribution in [3.8, 4) is 5.75 Å². The molecule has 0 radical (unpaired) electrons. The third kappa shape index (κ3) is 4.04. The van der Waals surface area contributed by atoms with Crippen molar-refractivity contribution in [1.29, 1.82) is 0 Å². The fraction of sp³-hybridized carbons (Fsp3) is 0.222. The van der Waals surface area contributed by atoms with Crippen molar-refractivity contribution >= 4 is 29.2 Å². The van der Waals surface area contributed by atoms with Gasteiger partial charge in [-0.05, 0) is 12.1 Å². The van der Waals surface area contributed by atoms with E-state index in [0.29, 0.717) is 28.9 Å². The maximum atomic E-state index is 5.90. The zero-order chi connectivity index (χ0) is 12.0. The number of ether oxygens (including phenoxy) is 1. The molecule has 0 saturated heterocycles. The van der Waals surface area contributed by atoms with E-state index in [1.807, 2.05) is 0 Å². The van der Waals surface area contributed by atoms with Gasteiger partial charge in [-0.2, -0.15) is 0 Å². The molecule has 5 nitrogen and oxygen atoms in total. The van der Waals surface area contributed by atoms with Gasteiger partial charge in [0.15, 0.2) is 5.75 Å². The number of hydrogen-bond acceptors (Lipinski definition) is 3. The van der Waals surface area contributed by atoms with Crippen molar-refractivity contribution < 1.29 is 4.74 Å². The van der Waals surface area contributed by atoms with Crippen LogP contribution in [0.25, 0.3) is 0 Å². The van der Waals surface area contributed by atoms with Crippen LogP contribution < -0.4 is 21.6 Å². The molecule has 0 aliphatic heterocycles. The van der Waals surface area contributed by atoms with Gasteiger partial charge in [0.2, 0.25) is 5.96 Å². The van der Waals surface area contributed by atoms with Crippen LogP contribution in [0.3, 0.4) is 0 Å². The Morgan fingerprint density at radius 3 is 2.50 bits per heavy atom. The number of nitrogens with zero attached hydrogens (tertiary/aromatic N) is 1. The van der Waals surface area contributed by atoms with E-state index in [2.05, 4.69) is 10.5 Å². The molecule has 7 heteroatoms. The number of guanidine groups is 1. The van der Waals surface area contributed by atoms with Crippen LogP contribution in [0.15, 0.2) is 23.3 Å². The van der Waals surface area contributed by atoms with Crippen molar-refractivity contribution in [1.82, 2.24) is 5.43 Å². The molecular formula is C9H12Cl2N4O. The van der Waals surface area contributed by atoms with E-state index < -0.39 is 0 Å². The van der Waals surface area contributed by atoms with Crippen LogP contribution >= 0.6 is 23.2 Å². The molecule has 1 rings (SSSR count). The maximum absolute atomic E-state index is 5.90. The molecule has 0 fully saturated rings. The Morgan fingerprint density at radius 2 is 1.94 bits per heavy atom. The summed E-state index contributed by atoms with van der Waals surface area (Å²) in [7, 11) is 0. The van der Waals surface area contributed by atoms with Crippen LogP contribution in [0.1, 0.15) is 0 Å². The molecule has 0 atom stereocenters. The molecule has 0 aromatic heterocycles. The summed E-state index contributed by atoms with van der Waals surface area (Å²) in [6.07, 6.45) is 0. The van der Waals surface area contributed by atoms with Gasteiger partial charge in [-0.3, -0.25) is 0 Å². The summed E-state index contributed by atoms with van der Waals surface area (Å²) in [5.74, 6) is 0.424. The summed E-state index contributed by atoms with van der Waals surface area (Å²) in [4.78, 5) is 0. The first kappa shape index (κ1) is 12.7. The number of rotatable bonds is 5. The number of benzene rings is 1. The molecule has 0 heterocycles. The van der Waals surface area contributed by atoms with Gasteiger partial charge in [0.25, 0.3) is 0 Å². The van der Waals surface area contributed by atoms with E-state index in [-0.39, 0.29) is 5.96 Å². The Hall–Kier alpha value is -1.33. The fourth-order valence-corrected chi connectivity index (χ4v) is 1.47. The standard InChI is InChI=1S/C9H12Cl2N4O/c10-6-2-1-3-7(11)8(6)16-5-4-14-15-9(12)13/h1-3,14H,4-5H2,(H4,12,13,15). The number of hydrogen-bond donors (Lipinski definition) is 3. The number of nitrogens with two attached hydrogens (primary N) is 2. The van der Waals surface area contributed by atoms with E-state index in [1.165, 1.54) is 0 Å². The van der Waals surface area contributed by atoms with Crippen LogP contribution in [0.2, 0.25) is 10.0 Å². The molecule has 0 spiro atoms. The number of para-hydroxylation sites is 1. The van der Waals surface area contributed by atoms with Crippen LogP contribution in [0, 0.1) is 0 Å². The number of nitrogens with one attached hydrogen (secondary N) is 1. The lowest BCUT2D eigenvalue weighted by molar-refractivity contribution is 0.316. The monoisotopic (exact) mass is 262 g/mol. The molecule has 1 aromatic carbocycles. The van der Waals surface area contributed by atoms with Crippen LogP contribution in [-0.4, -0.2) is 19.1 Å². The van der Waals surface area contributed by atoms with Crippen molar-refractivity contribution in [2.24, 2.45) is 16.6 Å². The van der Waals surface area contributed by atoms with Gasteiger partial charge in [0.1, 0.15) is 6.61 Å². The molecule has 0 bridgehead atoms. The SMILES string of the molecule is NC(N)=NNCCOc1c(Cl)cccc1Cl. The van der Waals surface area contributed by atoms with E-state index in [9.17, 15) is 0 Å². The van der Waals surface area contributed by atoms with E-state index in [1.54, 1.807) is 18.2 Å². The molecule has 0 amide bonds. The lowest BCUT2D eigenvalue weighted by Crippen LogP contribution is -2.27. The average Bonchev–Trinajstić information content (AvgIpc) is 2.21. The zero-order valence-corrected chi connectivity index (χ0v) is 9.92. The van der Waals surface area contributed by atoms with Crippen molar-refractivity contribution in [3.05, 3.63) is 28.2 Å². The minimum absolute atomic E-state index is 0.0317. The third-order valence-corrected chi connectivity index (χ3v) is 2.18.